The zero-order chi connectivity index (χ0) is 18.3. The lowest BCUT2D eigenvalue weighted by Crippen LogP contribution is -2.41. The number of nitrogens with two attached hydrogens (primary N) is 1. The van der Waals surface area contributed by atoms with Crippen LogP contribution in [0, 0.1) is 12.3 Å². The maximum absolute atomic E-state index is 7.65. The van der Waals surface area contributed by atoms with Gasteiger partial charge in [0.25, 0.3) is 0 Å². The van der Waals surface area contributed by atoms with Crippen molar-refractivity contribution in [1.29, 1.82) is 5.41 Å². The summed E-state index contributed by atoms with van der Waals surface area (Å²) < 4.78 is 5.70. The standard InChI is InChI=1S/C21H24ClN3O/c1-14-2-4-18-16(12-14)21(7-10-26-11-8-21)17-13-15(22)3-5-19(17)25(18)9-6-20(23)24/h2-5,12-13H,6-11H2,1H3,(H3,23,24). The third-order valence-electron chi connectivity index (χ3n) is 5.67. The van der Waals surface area contributed by atoms with E-state index in [1.807, 2.05) is 6.07 Å². The van der Waals surface area contributed by atoms with Crippen molar-refractivity contribution >= 4 is 28.8 Å². The van der Waals surface area contributed by atoms with Crippen molar-refractivity contribution in [3.8, 4) is 0 Å². The highest BCUT2D eigenvalue weighted by atomic mass is 35.5. The number of hydrogen-bond donors (Lipinski definition) is 2. The Bertz CT molecular complexity index is 803. The van der Waals surface area contributed by atoms with E-state index in [2.05, 4.69) is 42.2 Å². The Morgan fingerprint density at radius 2 is 1.81 bits per heavy atom. The van der Waals surface area contributed by atoms with Crippen LogP contribution in [0.2, 0.25) is 5.02 Å². The number of benzene rings is 2. The van der Waals surface area contributed by atoms with Gasteiger partial charge in [-0.05, 0) is 55.2 Å². The van der Waals surface area contributed by atoms with Gasteiger partial charge in [0, 0.05) is 48.0 Å². The predicted octanol–water partition coefficient (Wildman–Crippen LogP) is 4.52. The summed E-state index contributed by atoms with van der Waals surface area (Å²) in [6.07, 6.45) is 2.44. The molecule has 2 aromatic carbocycles. The number of anilines is 2. The van der Waals surface area contributed by atoms with Crippen LogP contribution in [0.4, 0.5) is 11.4 Å². The van der Waals surface area contributed by atoms with Gasteiger partial charge in [0.1, 0.15) is 0 Å². The van der Waals surface area contributed by atoms with Crippen LogP contribution >= 0.6 is 11.6 Å². The second-order valence-corrected chi connectivity index (χ2v) is 7.74. The Labute approximate surface area is 159 Å². The third kappa shape index (κ3) is 2.78. The number of amidine groups is 1. The zero-order valence-electron chi connectivity index (χ0n) is 15.0. The number of rotatable bonds is 3. The Kier molecular flexibility index (Phi) is 4.41. The highest BCUT2D eigenvalue weighted by Crippen LogP contribution is 2.54. The second-order valence-electron chi connectivity index (χ2n) is 7.30. The molecule has 0 aliphatic carbocycles. The summed E-state index contributed by atoms with van der Waals surface area (Å²) in [5.74, 6) is 0.209. The Balaban J connectivity index is 1.94. The summed E-state index contributed by atoms with van der Waals surface area (Å²) >= 11 is 6.41. The summed E-state index contributed by atoms with van der Waals surface area (Å²) in [6.45, 7) is 4.34. The van der Waals surface area contributed by atoms with Gasteiger partial charge in [-0.15, -0.1) is 0 Å². The second kappa shape index (κ2) is 6.60. The number of ether oxygens (including phenoxy) is 1. The molecule has 0 saturated carbocycles. The predicted molar refractivity (Wildman–Crippen MR) is 107 cm³/mol. The van der Waals surface area contributed by atoms with Crippen LogP contribution in [0.5, 0.6) is 0 Å². The molecule has 2 aliphatic rings. The molecule has 0 radical (unpaired) electrons. The molecule has 0 unspecified atom stereocenters. The molecule has 2 aromatic rings. The normalized spacial score (nSPS) is 17.7. The van der Waals surface area contributed by atoms with E-state index in [1.54, 1.807) is 0 Å². The van der Waals surface area contributed by atoms with Gasteiger partial charge in [-0.1, -0.05) is 29.3 Å². The van der Waals surface area contributed by atoms with E-state index < -0.39 is 0 Å². The first kappa shape index (κ1) is 17.4. The maximum Gasteiger partial charge on any atom is 0.0923 e. The molecule has 136 valence electrons. The number of fused-ring (bicyclic) bond motifs is 4. The quantitative estimate of drug-likeness (QED) is 0.617. The van der Waals surface area contributed by atoms with Crippen LogP contribution < -0.4 is 10.6 Å². The number of hydrogen-bond acceptors (Lipinski definition) is 3. The molecule has 1 fully saturated rings. The van der Waals surface area contributed by atoms with E-state index in [4.69, 9.17) is 27.5 Å². The molecule has 2 aliphatic heterocycles. The van der Waals surface area contributed by atoms with E-state index in [0.717, 1.165) is 31.1 Å². The number of halogens is 1. The van der Waals surface area contributed by atoms with Crippen molar-refractivity contribution in [2.24, 2.45) is 5.73 Å². The highest BCUT2D eigenvalue weighted by molar-refractivity contribution is 6.30. The average molecular weight is 370 g/mol. The fourth-order valence-corrected chi connectivity index (χ4v) is 4.57. The first-order chi connectivity index (χ1) is 12.5. The molecule has 4 rings (SSSR count). The van der Waals surface area contributed by atoms with Crippen molar-refractivity contribution < 1.29 is 4.74 Å². The van der Waals surface area contributed by atoms with E-state index in [0.29, 0.717) is 13.0 Å². The van der Waals surface area contributed by atoms with E-state index in [1.165, 1.54) is 28.1 Å². The SMILES string of the molecule is Cc1ccc2c(c1)C1(CCOCC1)c1cc(Cl)ccc1N2CCC(=N)N. The van der Waals surface area contributed by atoms with Gasteiger partial charge in [0.2, 0.25) is 0 Å². The Morgan fingerprint density at radius 3 is 2.50 bits per heavy atom. The smallest absolute Gasteiger partial charge is 0.0923 e. The van der Waals surface area contributed by atoms with Gasteiger partial charge >= 0.3 is 0 Å². The van der Waals surface area contributed by atoms with E-state index in [9.17, 15) is 0 Å². The zero-order valence-corrected chi connectivity index (χ0v) is 15.8. The summed E-state index contributed by atoms with van der Waals surface area (Å²) in [6, 6.07) is 12.9. The van der Waals surface area contributed by atoms with E-state index in [-0.39, 0.29) is 11.3 Å². The van der Waals surface area contributed by atoms with Crippen molar-refractivity contribution in [2.45, 2.75) is 31.6 Å². The Morgan fingerprint density at radius 1 is 1.15 bits per heavy atom. The fraction of sp³-hybridized carbons (Fsp3) is 0.381. The van der Waals surface area contributed by atoms with Gasteiger partial charge in [-0.3, -0.25) is 5.41 Å². The molecule has 0 bridgehead atoms. The molecule has 3 N–H and O–H groups in total. The molecule has 1 spiro atoms. The molecule has 1 saturated heterocycles. The first-order valence-corrected chi connectivity index (χ1v) is 9.48. The molecule has 0 amide bonds. The summed E-state index contributed by atoms with van der Waals surface area (Å²) in [5, 5.41) is 8.41. The molecule has 0 atom stereocenters. The van der Waals surface area contributed by atoms with Crippen molar-refractivity contribution in [2.75, 3.05) is 24.7 Å². The molecular weight excluding hydrogens is 346 g/mol. The lowest BCUT2D eigenvalue weighted by molar-refractivity contribution is 0.0629. The van der Waals surface area contributed by atoms with Crippen LogP contribution in [0.15, 0.2) is 36.4 Å². The molecule has 26 heavy (non-hydrogen) atoms. The van der Waals surface area contributed by atoms with Gasteiger partial charge in [0.15, 0.2) is 0 Å². The van der Waals surface area contributed by atoms with E-state index >= 15 is 0 Å². The van der Waals surface area contributed by atoms with Crippen LogP contribution in [0.1, 0.15) is 36.0 Å². The molecule has 0 aromatic heterocycles. The van der Waals surface area contributed by atoms with Gasteiger partial charge in [-0.2, -0.15) is 0 Å². The van der Waals surface area contributed by atoms with Crippen LogP contribution in [0.3, 0.4) is 0 Å². The van der Waals surface area contributed by atoms with Crippen LogP contribution in [0.25, 0.3) is 0 Å². The van der Waals surface area contributed by atoms with Crippen LogP contribution in [-0.4, -0.2) is 25.6 Å². The largest absolute Gasteiger partial charge is 0.388 e. The fourth-order valence-electron chi connectivity index (χ4n) is 4.40. The lowest BCUT2D eigenvalue weighted by Gasteiger charge is -2.47. The minimum absolute atomic E-state index is 0.0629. The average Bonchev–Trinajstić information content (AvgIpc) is 2.63. The topological polar surface area (TPSA) is 62.3 Å². The number of aryl methyl sites for hydroxylation is 1. The van der Waals surface area contributed by atoms with Gasteiger partial charge in [-0.25, -0.2) is 0 Å². The lowest BCUT2D eigenvalue weighted by atomic mass is 9.66. The molecule has 5 heteroatoms. The summed E-state index contributed by atoms with van der Waals surface area (Å²) in [7, 11) is 0. The summed E-state index contributed by atoms with van der Waals surface area (Å²) in [4.78, 5) is 2.29. The monoisotopic (exact) mass is 369 g/mol. The van der Waals surface area contributed by atoms with Gasteiger partial charge < -0.3 is 15.4 Å². The van der Waals surface area contributed by atoms with Gasteiger partial charge in [0.05, 0.1) is 5.84 Å². The summed E-state index contributed by atoms with van der Waals surface area (Å²) in [5.41, 5.74) is 11.9. The molecule has 4 nitrogen and oxygen atoms in total. The van der Waals surface area contributed by atoms with Crippen LogP contribution in [-0.2, 0) is 10.2 Å². The minimum Gasteiger partial charge on any atom is -0.388 e. The maximum atomic E-state index is 7.65. The Hall–Kier alpha value is -2.04. The molecular formula is C21H24ClN3O. The minimum atomic E-state index is -0.0629. The third-order valence-corrected chi connectivity index (χ3v) is 5.91. The number of nitrogens with one attached hydrogen (secondary N) is 1. The molecule has 2 heterocycles. The van der Waals surface area contributed by atoms with Crippen molar-refractivity contribution in [3.05, 3.63) is 58.1 Å². The first-order valence-electron chi connectivity index (χ1n) is 9.11. The van der Waals surface area contributed by atoms with Crippen molar-refractivity contribution in [3.63, 3.8) is 0 Å². The highest BCUT2D eigenvalue weighted by Gasteiger charge is 2.44. The number of nitrogens with zero attached hydrogens (tertiary/aromatic N) is 1. The van der Waals surface area contributed by atoms with Crippen molar-refractivity contribution in [1.82, 2.24) is 0 Å².